The molecule has 0 fully saturated rings. The first kappa shape index (κ1) is 15.1. The van der Waals surface area contributed by atoms with Gasteiger partial charge in [-0.25, -0.2) is 4.39 Å². The molecule has 0 aliphatic carbocycles. The second-order valence-electron chi connectivity index (χ2n) is 4.88. The number of aromatic nitrogens is 1. The molecule has 0 unspecified atom stereocenters. The molecule has 6 heteroatoms. The molecule has 0 spiro atoms. The van der Waals surface area contributed by atoms with E-state index >= 15 is 0 Å². The second kappa shape index (κ2) is 6.90. The minimum atomic E-state index is -0.597. The Bertz CT molecular complexity index is 620. The summed E-state index contributed by atoms with van der Waals surface area (Å²) >= 11 is 0. The zero-order valence-corrected chi connectivity index (χ0v) is 11.7. The Kier molecular flexibility index (Phi) is 4.94. The summed E-state index contributed by atoms with van der Waals surface area (Å²) in [6.07, 6.45) is 4.32. The Morgan fingerprint density at radius 3 is 2.62 bits per heavy atom. The zero-order chi connectivity index (χ0) is 15.2. The minimum absolute atomic E-state index is 0.226. The largest absolute Gasteiger partial charge is 0.302 e. The number of rotatable bonds is 6. The van der Waals surface area contributed by atoms with Crippen molar-refractivity contribution in [1.29, 1.82) is 0 Å². The van der Waals surface area contributed by atoms with Crippen molar-refractivity contribution in [3.05, 3.63) is 69.8 Å². The van der Waals surface area contributed by atoms with Crippen LogP contribution >= 0.6 is 0 Å². The Hall–Kier alpha value is -2.34. The Morgan fingerprint density at radius 2 is 2.00 bits per heavy atom. The number of halogens is 1. The number of benzene rings is 1. The van der Waals surface area contributed by atoms with Gasteiger partial charge in [-0.2, -0.15) is 0 Å². The Labute approximate surface area is 122 Å². The van der Waals surface area contributed by atoms with E-state index in [0.29, 0.717) is 12.1 Å². The first-order valence-corrected chi connectivity index (χ1v) is 6.56. The molecule has 0 N–H and O–H groups in total. The molecular weight excluding hydrogens is 273 g/mol. The van der Waals surface area contributed by atoms with Crippen LogP contribution in [0.2, 0.25) is 0 Å². The van der Waals surface area contributed by atoms with Crippen molar-refractivity contribution < 1.29 is 9.31 Å². The minimum Gasteiger partial charge on any atom is -0.302 e. The third kappa shape index (κ3) is 4.32. The molecule has 0 saturated carbocycles. The van der Waals surface area contributed by atoms with Crippen LogP contribution in [-0.4, -0.2) is 28.4 Å². The van der Waals surface area contributed by atoms with Gasteiger partial charge in [-0.3, -0.25) is 15.1 Å². The third-order valence-corrected chi connectivity index (χ3v) is 3.22. The monoisotopic (exact) mass is 289 g/mol. The van der Waals surface area contributed by atoms with E-state index in [-0.39, 0.29) is 5.69 Å². The van der Waals surface area contributed by atoms with Gasteiger partial charge < -0.3 is 4.90 Å². The van der Waals surface area contributed by atoms with Crippen LogP contribution in [0.15, 0.2) is 42.7 Å². The molecule has 1 aromatic carbocycles. The SMILES string of the molecule is CN(CCc1ccncc1)Cc1ccc([N+](=O)[O-])cc1F. The molecule has 1 heterocycles. The van der Waals surface area contributed by atoms with Crippen LogP contribution in [-0.2, 0) is 13.0 Å². The zero-order valence-electron chi connectivity index (χ0n) is 11.7. The molecule has 0 atom stereocenters. The van der Waals surface area contributed by atoms with Crippen molar-refractivity contribution in [3.63, 3.8) is 0 Å². The number of pyridine rings is 1. The maximum atomic E-state index is 13.8. The van der Waals surface area contributed by atoms with E-state index in [2.05, 4.69) is 4.98 Å². The van der Waals surface area contributed by atoms with Crippen LogP contribution in [0.25, 0.3) is 0 Å². The van der Waals surface area contributed by atoms with Gasteiger partial charge in [0.15, 0.2) is 0 Å². The lowest BCUT2D eigenvalue weighted by Crippen LogP contribution is -2.21. The summed E-state index contributed by atoms with van der Waals surface area (Å²) in [6, 6.07) is 7.65. The maximum Gasteiger partial charge on any atom is 0.272 e. The van der Waals surface area contributed by atoms with Crippen LogP contribution in [0.5, 0.6) is 0 Å². The standard InChI is InChI=1S/C15H16FN3O2/c1-18(9-6-12-4-7-17-8-5-12)11-13-2-3-14(19(20)21)10-15(13)16/h2-5,7-8,10H,6,9,11H2,1H3. The lowest BCUT2D eigenvalue weighted by molar-refractivity contribution is -0.385. The van der Waals surface area contributed by atoms with Gasteiger partial charge in [0.25, 0.3) is 5.69 Å². The van der Waals surface area contributed by atoms with Gasteiger partial charge >= 0.3 is 0 Å². The fourth-order valence-electron chi connectivity index (χ4n) is 2.02. The number of nitro benzene ring substituents is 1. The van der Waals surface area contributed by atoms with Gasteiger partial charge in [0.05, 0.1) is 11.0 Å². The summed E-state index contributed by atoms with van der Waals surface area (Å²) in [5.74, 6) is -0.542. The predicted octanol–water partition coefficient (Wildman–Crippen LogP) is 2.80. The molecule has 110 valence electrons. The van der Waals surface area contributed by atoms with Crippen LogP contribution in [0.3, 0.4) is 0 Å². The van der Waals surface area contributed by atoms with Crippen molar-refractivity contribution in [1.82, 2.24) is 9.88 Å². The Balaban J connectivity index is 1.93. The van der Waals surface area contributed by atoms with Gasteiger partial charge in [-0.05, 0) is 37.2 Å². The van der Waals surface area contributed by atoms with E-state index in [1.54, 1.807) is 12.4 Å². The van der Waals surface area contributed by atoms with E-state index in [0.717, 1.165) is 19.0 Å². The van der Waals surface area contributed by atoms with E-state index in [9.17, 15) is 14.5 Å². The first-order chi connectivity index (χ1) is 10.1. The summed E-state index contributed by atoms with van der Waals surface area (Å²) in [5, 5.41) is 10.6. The molecule has 0 saturated heterocycles. The molecule has 2 aromatic rings. The fraction of sp³-hybridized carbons (Fsp3) is 0.267. The fourth-order valence-corrected chi connectivity index (χ4v) is 2.02. The number of nitrogens with zero attached hydrogens (tertiary/aromatic N) is 3. The van der Waals surface area contributed by atoms with E-state index in [1.165, 1.54) is 17.7 Å². The Morgan fingerprint density at radius 1 is 1.29 bits per heavy atom. The highest BCUT2D eigenvalue weighted by Gasteiger charge is 2.12. The quantitative estimate of drug-likeness (QED) is 0.606. The van der Waals surface area contributed by atoms with E-state index < -0.39 is 10.7 Å². The van der Waals surface area contributed by atoms with Gasteiger partial charge in [-0.1, -0.05) is 0 Å². The summed E-state index contributed by atoms with van der Waals surface area (Å²) in [7, 11) is 1.89. The van der Waals surface area contributed by atoms with Crippen molar-refractivity contribution in [2.45, 2.75) is 13.0 Å². The van der Waals surface area contributed by atoms with Crippen LogP contribution < -0.4 is 0 Å². The van der Waals surface area contributed by atoms with Gasteiger partial charge in [0.1, 0.15) is 5.82 Å². The van der Waals surface area contributed by atoms with E-state index in [1.807, 2.05) is 24.1 Å². The van der Waals surface area contributed by atoms with Crippen molar-refractivity contribution >= 4 is 5.69 Å². The average molecular weight is 289 g/mol. The molecule has 0 radical (unpaired) electrons. The molecule has 2 rings (SSSR count). The van der Waals surface area contributed by atoms with Crippen LogP contribution in [0.1, 0.15) is 11.1 Å². The second-order valence-corrected chi connectivity index (χ2v) is 4.88. The predicted molar refractivity (Wildman–Crippen MR) is 77.3 cm³/mol. The maximum absolute atomic E-state index is 13.8. The lowest BCUT2D eigenvalue weighted by atomic mass is 10.1. The summed E-state index contributed by atoms with van der Waals surface area (Å²) < 4.78 is 13.8. The van der Waals surface area contributed by atoms with Crippen molar-refractivity contribution in [3.8, 4) is 0 Å². The van der Waals surface area contributed by atoms with Crippen molar-refractivity contribution in [2.75, 3.05) is 13.6 Å². The lowest BCUT2D eigenvalue weighted by Gasteiger charge is -2.17. The highest BCUT2D eigenvalue weighted by Crippen LogP contribution is 2.17. The molecule has 0 bridgehead atoms. The van der Waals surface area contributed by atoms with Gasteiger partial charge in [-0.15, -0.1) is 0 Å². The highest BCUT2D eigenvalue weighted by atomic mass is 19.1. The summed E-state index contributed by atoms with van der Waals surface area (Å²) in [5.41, 5.74) is 1.40. The summed E-state index contributed by atoms with van der Waals surface area (Å²) in [6.45, 7) is 1.18. The van der Waals surface area contributed by atoms with Crippen LogP contribution in [0.4, 0.5) is 10.1 Å². The number of likely N-dealkylation sites (N-methyl/N-ethyl adjacent to an activating group) is 1. The van der Waals surface area contributed by atoms with E-state index in [4.69, 9.17) is 0 Å². The smallest absolute Gasteiger partial charge is 0.272 e. The molecule has 0 aliphatic rings. The summed E-state index contributed by atoms with van der Waals surface area (Å²) in [4.78, 5) is 15.9. The molecule has 0 aliphatic heterocycles. The molecule has 5 nitrogen and oxygen atoms in total. The third-order valence-electron chi connectivity index (χ3n) is 3.22. The molecule has 1 aromatic heterocycles. The average Bonchev–Trinajstić information content (AvgIpc) is 2.48. The number of hydrogen-bond acceptors (Lipinski definition) is 4. The normalized spacial score (nSPS) is 10.8. The molecule has 21 heavy (non-hydrogen) atoms. The number of nitro groups is 1. The topological polar surface area (TPSA) is 59.3 Å². The molecular formula is C15H16FN3O2. The van der Waals surface area contributed by atoms with Crippen molar-refractivity contribution in [2.24, 2.45) is 0 Å². The molecule has 0 amide bonds. The number of hydrogen-bond donors (Lipinski definition) is 0. The van der Waals surface area contributed by atoms with Gasteiger partial charge in [0, 0.05) is 37.1 Å². The number of non-ortho nitro benzene ring substituents is 1. The first-order valence-electron chi connectivity index (χ1n) is 6.56. The highest BCUT2D eigenvalue weighted by molar-refractivity contribution is 5.34. The van der Waals surface area contributed by atoms with Gasteiger partial charge in [0.2, 0.25) is 0 Å². The van der Waals surface area contributed by atoms with Crippen LogP contribution in [0, 0.1) is 15.9 Å².